The zero-order valence-corrected chi connectivity index (χ0v) is 17.3. The molecule has 178 valence electrons. The normalized spacial score (nSPS) is 19.6. The van der Waals surface area contributed by atoms with E-state index < -0.39 is 56.9 Å². The third-order valence-corrected chi connectivity index (χ3v) is 5.64. The highest BCUT2D eigenvalue weighted by molar-refractivity contribution is 9.12. The minimum atomic E-state index is -5.51. The highest BCUT2D eigenvalue weighted by atomic mass is 79.9. The highest BCUT2D eigenvalue weighted by Gasteiger charge is 2.64. The molecule has 1 heterocycles. The fraction of sp³-hybridized carbons (Fsp3) is 0.211. The van der Waals surface area contributed by atoms with Crippen LogP contribution in [0.1, 0.15) is 32.6 Å². The topological polar surface area (TPSA) is 64.4 Å². The van der Waals surface area contributed by atoms with Crippen LogP contribution in [0.25, 0.3) is 5.70 Å². The van der Waals surface area contributed by atoms with E-state index >= 15 is 0 Å². The van der Waals surface area contributed by atoms with Crippen LogP contribution in [0.4, 0.5) is 39.5 Å². The Bertz CT molecular complexity index is 1090. The van der Waals surface area contributed by atoms with Gasteiger partial charge in [-0.3, -0.25) is 10.3 Å². The van der Waals surface area contributed by atoms with Gasteiger partial charge in [0.1, 0.15) is 0 Å². The van der Waals surface area contributed by atoms with Crippen molar-refractivity contribution >= 4 is 27.5 Å². The van der Waals surface area contributed by atoms with E-state index in [0.29, 0.717) is 0 Å². The van der Waals surface area contributed by atoms with Gasteiger partial charge in [-0.05, 0) is 46.3 Å². The third-order valence-electron chi connectivity index (χ3n) is 4.69. The van der Waals surface area contributed by atoms with E-state index in [1.54, 1.807) is 0 Å². The lowest BCUT2D eigenvalue weighted by Crippen LogP contribution is -2.44. The number of carbonyl (C=O) groups excluding carboxylic acids is 1. The average molecular weight is 549 g/mol. The van der Waals surface area contributed by atoms with Crippen LogP contribution in [0.2, 0.25) is 0 Å². The van der Waals surface area contributed by atoms with Crippen molar-refractivity contribution in [1.29, 1.82) is 0 Å². The predicted molar refractivity (Wildman–Crippen MR) is 99.2 cm³/mol. The minimum absolute atomic E-state index is 0.00386. The summed E-state index contributed by atoms with van der Waals surface area (Å²) in [5.74, 6) is -0.835. The van der Waals surface area contributed by atoms with Crippen LogP contribution in [0.5, 0.6) is 0 Å². The number of rotatable bonds is 3. The second-order valence-corrected chi connectivity index (χ2v) is 7.60. The summed E-state index contributed by atoms with van der Waals surface area (Å²) in [7, 11) is 0. The molecule has 1 aliphatic rings. The molecule has 1 aliphatic heterocycles. The average Bonchev–Trinajstić information content (AvgIpc) is 3.04. The Balaban J connectivity index is 2.28. The highest BCUT2D eigenvalue weighted by Crippen LogP contribution is 2.55. The van der Waals surface area contributed by atoms with Crippen LogP contribution in [-0.2, 0) is 22.8 Å². The molecule has 0 fully saturated rings. The fourth-order valence-corrected chi connectivity index (χ4v) is 3.91. The number of hydrogen-bond donors (Lipinski definition) is 2. The maximum absolute atomic E-state index is 14.2. The van der Waals surface area contributed by atoms with Crippen LogP contribution in [0.3, 0.4) is 0 Å². The molecule has 1 atom stereocenters. The van der Waals surface area contributed by atoms with Gasteiger partial charge in [0, 0.05) is 16.7 Å². The molecule has 0 saturated carbocycles. The molecule has 0 aromatic heterocycles. The van der Waals surface area contributed by atoms with Crippen LogP contribution in [0, 0.1) is 0 Å². The summed E-state index contributed by atoms with van der Waals surface area (Å²) in [6.45, 7) is 0. The molecule has 2 aromatic rings. The standard InChI is InChI=1S/C19H10BrF9N2O2/c20-14-13(8-1-3-9(4-2-8)15(30)32)31-33-16(14,19(27,28)29)10-5-11(17(21,22)23)7-12(6-10)18(24,25)26/h1-7,31H,(H2,30,32). The number of nitrogens with two attached hydrogens (primary N) is 1. The smallest absolute Gasteiger partial charge is 0.366 e. The molecule has 0 spiro atoms. The summed E-state index contributed by atoms with van der Waals surface area (Å²) in [6.07, 6.45) is -16.3. The Kier molecular flexibility index (Phi) is 5.99. The van der Waals surface area contributed by atoms with E-state index in [0.717, 1.165) is 24.3 Å². The number of benzene rings is 2. The van der Waals surface area contributed by atoms with Gasteiger partial charge in [-0.1, -0.05) is 12.1 Å². The molecule has 2 aromatic carbocycles. The number of hydrogen-bond acceptors (Lipinski definition) is 3. The molecule has 0 radical (unpaired) electrons. The van der Waals surface area contributed by atoms with Crippen LogP contribution in [0.15, 0.2) is 46.9 Å². The molecule has 0 aliphatic carbocycles. The first-order valence-electron chi connectivity index (χ1n) is 8.59. The first-order chi connectivity index (χ1) is 15.0. The van der Waals surface area contributed by atoms with Gasteiger partial charge >= 0.3 is 18.5 Å². The summed E-state index contributed by atoms with van der Waals surface area (Å²) >= 11 is 2.65. The third kappa shape index (κ3) is 4.40. The zero-order chi connectivity index (χ0) is 25.0. The fourth-order valence-electron chi connectivity index (χ4n) is 3.07. The maximum atomic E-state index is 14.2. The molecular weight excluding hydrogens is 539 g/mol. The Morgan fingerprint density at radius 2 is 1.36 bits per heavy atom. The summed E-state index contributed by atoms with van der Waals surface area (Å²) in [5.41, 5.74) is -2.55. The van der Waals surface area contributed by atoms with E-state index in [1.165, 1.54) is 0 Å². The number of halogens is 10. The van der Waals surface area contributed by atoms with Crippen LogP contribution >= 0.6 is 15.9 Å². The first kappa shape index (κ1) is 24.9. The number of primary amides is 1. The van der Waals surface area contributed by atoms with E-state index in [2.05, 4.69) is 20.8 Å². The largest absolute Gasteiger partial charge is 0.429 e. The Morgan fingerprint density at radius 3 is 1.76 bits per heavy atom. The Labute approximate surface area is 187 Å². The van der Waals surface area contributed by atoms with Gasteiger partial charge in [0.25, 0.3) is 0 Å². The van der Waals surface area contributed by atoms with Gasteiger partial charge in [-0.2, -0.15) is 39.5 Å². The van der Waals surface area contributed by atoms with Crippen LogP contribution in [-0.4, -0.2) is 12.1 Å². The number of alkyl halides is 9. The first-order valence-corrected chi connectivity index (χ1v) is 9.39. The predicted octanol–water partition coefficient (Wildman–Crippen LogP) is 5.88. The molecule has 4 nitrogen and oxygen atoms in total. The van der Waals surface area contributed by atoms with E-state index in [4.69, 9.17) is 5.73 Å². The van der Waals surface area contributed by atoms with Gasteiger partial charge < -0.3 is 5.73 Å². The lowest BCUT2D eigenvalue weighted by Gasteiger charge is -2.31. The van der Waals surface area contributed by atoms with E-state index in [9.17, 15) is 44.3 Å². The van der Waals surface area contributed by atoms with Gasteiger partial charge in [0.05, 0.1) is 21.3 Å². The van der Waals surface area contributed by atoms with Gasteiger partial charge in [-0.15, -0.1) is 0 Å². The van der Waals surface area contributed by atoms with Crippen molar-refractivity contribution in [2.75, 3.05) is 0 Å². The van der Waals surface area contributed by atoms with Crippen molar-refractivity contribution in [1.82, 2.24) is 5.48 Å². The molecule has 0 bridgehead atoms. The lowest BCUT2D eigenvalue weighted by atomic mass is 9.88. The van der Waals surface area contributed by atoms with Gasteiger partial charge in [-0.25, -0.2) is 4.84 Å². The molecule has 14 heteroatoms. The van der Waals surface area contributed by atoms with Gasteiger partial charge in [0.15, 0.2) is 0 Å². The van der Waals surface area contributed by atoms with Crippen molar-refractivity contribution in [2.24, 2.45) is 5.73 Å². The van der Waals surface area contributed by atoms with E-state index in [1.807, 2.05) is 5.48 Å². The summed E-state index contributed by atoms with van der Waals surface area (Å²) in [4.78, 5) is 15.8. The number of carbonyl (C=O) groups is 1. The molecule has 3 N–H and O–H groups in total. The molecule has 0 saturated heterocycles. The Morgan fingerprint density at radius 1 is 0.879 bits per heavy atom. The molecule has 1 amide bonds. The van der Waals surface area contributed by atoms with Crippen molar-refractivity contribution in [3.8, 4) is 0 Å². The monoisotopic (exact) mass is 548 g/mol. The van der Waals surface area contributed by atoms with Crippen molar-refractivity contribution in [3.63, 3.8) is 0 Å². The number of amides is 1. The van der Waals surface area contributed by atoms with Crippen LogP contribution < -0.4 is 11.2 Å². The zero-order valence-electron chi connectivity index (χ0n) is 15.7. The summed E-state index contributed by atoms with van der Waals surface area (Å²) in [5, 5.41) is 0. The van der Waals surface area contributed by atoms with Crippen molar-refractivity contribution < 1.29 is 49.1 Å². The van der Waals surface area contributed by atoms with Crippen molar-refractivity contribution in [2.45, 2.75) is 24.1 Å². The summed E-state index contributed by atoms with van der Waals surface area (Å²) in [6, 6.07) is 4.21. The van der Waals surface area contributed by atoms with E-state index in [-0.39, 0.29) is 29.3 Å². The second-order valence-electron chi connectivity index (χ2n) is 6.81. The lowest BCUT2D eigenvalue weighted by molar-refractivity contribution is -0.270. The minimum Gasteiger partial charge on any atom is -0.366 e. The molecular formula is C19H10BrF9N2O2. The summed E-state index contributed by atoms with van der Waals surface area (Å²) < 4.78 is 121. The number of nitrogens with one attached hydrogen (secondary N) is 1. The van der Waals surface area contributed by atoms with Gasteiger partial charge in [0.2, 0.25) is 11.5 Å². The maximum Gasteiger partial charge on any atom is 0.429 e. The quantitative estimate of drug-likeness (QED) is 0.471. The molecule has 1 unspecified atom stereocenters. The second kappa shape index (κ2) is 7.94. The van der Waals surface area contributed by atoms with Crippen molar-refractivity contribution in [3.05, 3.63) is 74.8 Å². The molecule has 33 heavy (non-hydrogen) atoms. The Hall–Kier alpha value is -2.74. The molecule has 3 rings (SSSR count). The SMILES string of the molecule is NC(=O)c1ccc(C2=C(Br)C(c3cc(C(F)(F)F)cc(C(F)(F)F)c3)(C(F)(F)F)ON2)cc1. The number of hydroxylamine groups is 1.